The molecule has 4 aliphatic rings. The van der Waals surface area contributed by atoms with Gasteiger partial charge in [-0.1, -0.05) is 20.8 Å². The zero-order chi connectivity index (χ0) is 17.3. The first-order chi connectivity index (χ1) is 11.3. The average molecular weight is 329 g/mol. The lowest BCUT2D eigenvalue weighted by Crippen LogP contribution is -2.55. The Labute approximate surface area is 145 Å². The molecular weight excluding hydrogens is 298 g/mol. The molecule has 0 spiro atoms. The summed E-state index contributed by atoms with van der Waals surface area (Å²) in [6, 6.07) is 2.29. The van der Waals surface area contributed by atoms with Gasteiger partial charge in [-0.05, 0) is 79.4 Å². The van der Waals surface area contributed by atoms with Crippen molar-refractivity contribution in [2.75, 3.05) is 0 Å². The third-order valence-electron chi connectivity index (χ3n) is 8.93. The van der Waals surface area contributed by atoms with Crippen LogP contribution in [0.1, 0.15) is 65.7 Å². The van der Waals surface area contributed by atoms with E-state index in [0.29, 0.717) is 35.0 Å². The maximum absolute atomic E-state index is 10.5. The molecule has 3 heteroatoms. The Bertz CT molecular complexity index is 620. The predicted octanol–water partition coefficient (Wildman–Crippen LogP) is 4.58. The van der Waals surface area contributed by atoms with Crippen LogP contribution < -0.4 is 0 Å². The number of fused-ring (bicyclic) bond motifs is 5. The maximum atomic E-state index is 10.5. The van der Waals surface area contributed by atoms with Gasteiger partial charge in [-0.25, -0.2) is 0 Å². The first-order valence-electron chi connectivity index (χ1n) is 9.83. The van der Waals surface area contributed by atoms with E-state index in [2.05, 4.69) is 26.8 Å². The Morgan fingerprint density at radius 3 is 2.38 bits per heavy atom. The Balaban J connectivity index is 1.70. The van der Waals surface area contributed by atoms with Gasteiger partial charge in [0.25, 0.3) is 0 Å². The summed E-state index contributed by atoms with van der Waals surface area (Å²) in [5, 5.41) is 30.5. The van der Waals surface area contributed by atoms with Crippen molar-refractivity contribution < 1.29 is 10.2 Å². The molecule has 4 aliphatic carbocycles. The molecule has 0 aromatic rings. The molecule has 8 atom stereocenters. The lowest BCUT2D eigenvalue weighted by atomic mass is 9.44. The van der Waals surface area contributed by atoms with Crippen molar-refractivity contribution in [3.05, 3.63) is 11.3 Å². The fourth-order valence-electron chi connectivity index (χ4n) is 7.57. The van der Waals surface area contributed by atoms with Gasteiger partial charge in [0.15, 0.2) is 0 Å². The van der Waals surface area contributed by atoms with Crippen LogP contribution in [0.2, 0.25) is 0 Å². The van der Waals surface area contributed by atoms with E-state index in [4.69, 9.17) is 0 Å². The summed E-state index contributed by atoms with van der Waals surface area (Å²) >= 11 is 0. The van der Waals surface area contributed by atoms with Crippen LogP contribution >= 0.6 is 0 Å². The average Bonchev–Trinajstić information content (AvgIpc) is 2.86. The van der Waals surface area contributed by atoms with E-state index in [0.717, 1.165) is 25.7 Å². The minimum atomic E-state index is -0.127. The molecule has 0 heterocycles. The van der Waals surface area contributed by atoms with E-state index in [-0.39, 0.29) is 22.9 Å². The van der Waals surface area contributed by atoms with Crippen LogP contribution in [0.25, 0.3) is 0 Å². The van der Waals surface area contributed by atoms with E-state index in [1.165, 1.54) is 19.3 Å². The number of rotatable bonds is 0. The minimum absolute atomic E-state index is 0.112. The highest BCUT2D eigenvalue weighted by atomic mass is 16.3. The summed E-state index contributed by atoms with van der Waals surface area (Å²) in [6.07, 6.45) is 7.44. The topological polar surface area (TPSA) is 64.2 Å². The number of aliphatic hydroxyl groups is 2. The highest BCUT2D eigenvalue weighted by molar-refractivity contribution is 5.32. The molecule has 24 heavy (non-hydrogen) atoms. The number of nitrogens with zero attached hydrogens (tertiary/aromatic N) is 1. The molecule has 0 aromatic carbocycles. The normalized spacial score (nSPS) is 53.8. The van der Waals surface area contributed by atoms with Crippen LogP contribution in [-0.2, 0) is 0 Å². The Morgan fingerprint density at radius 1 is 1.00 bits per heavy atom. The van der Waals surface area contributed by atoms with E-state index in [1.807, 2.05) is 0 Å². The molecule has 3 fully saturated rings. The van der Waals surface area contributed by atoms with Crippen molar-refractivity contribution in [2.45, 2.75) is 71.8 Å². The summed E-state index contributed by atoms with van der Waals surface area (Å²) < 4.78 is 0. The first-order valence-corrected chi connectivity index (χ1v) is 9.83. The number of allylic oxidation sites excluding steroid dienone is 2. The summed E-state index contributed by atoms with van der Waals surface area (Å²) in [7, 11) is 0. The summed E-state index contributed by atoms with van der Waals surface area (Å²) in [6.45, 7) is 6.82. The van der Waals surface area contributed by atoms with Crippen molar-refractivity contribution in [1.82, 2.24) is 0 Å². The van der Waals surface area contributed by atoms with Crippen LogP contribution in [0.3, 0.4) is 0 Å². The molecular formula is C21H31NO2. The monoisotopic (exact) mass is 329 g/mol. The van der Waals surface area contributed by atoms with Gasteiger partial charge >= 0.3 is 0 Å². The third-order valence-corrected chi connectivity index (χ3v) is 8.93. The highest BCUT2D eigenvalue weighted by Crippen LogP contribution is 2.67. The van der Waals surface area contributed by atoms with Crippen molar-refractivity contribution >= 4 is 0 Å². The van der Waals surface area contributed by atoms with Crippen molar-refractivity contribution in [3.8, 4) is 6.07 Å². The van der Waals surface area contributed by atoms with Gasteiger partial charge in [0.05, 0.1) is 17.7 Å². The maximum Gasteiger partial charge on any atom is 0.109 e. The summed E-state index contributed by atoms with van der Waals surface area (Å²) in [4.78, 5) is 0. The Kier molecular flexibility index (Phi) is 3.59. The summed E-state index contributed by atoms with van der Waals surface area (Å²) in [5.74, 6) is 2.93. The molecule has 4 rings (SSSR count). The Morgan fingerprint density at radius 2 is 1.67 bits per heavy atom. The zero-order valence-corrected chi connectivity index (χ0v) is 15.3. The predicted molar refractivity (Wildman–Crippen MR) is 92.9 cm³/mol. The van der Waals surface area contributed by atoms with Crippen LogP contribution in [0.4, 0.5) is 0 Å². The SMILES string of the molecule is CC1C(O)=C(C#N)CC2(C)C1CCC1C3CCC(O)C3(C)CCC12. The number of hydrogen-bond acceptors (Lipinski definition) is 3. The number of hydrogen-bond donors (Lipinski definition) is 2. The third kappa shape index (κ3) is 1.93. The molecule has 0 amide bonds. The van der Waals surface area contributed by atoms with Crippen molar-refractivity contribution in [3.63, 3.8) is 0 Å². The van der Waals surface area contributed by atoms with E-state index < -0.39 is 0 Å². The van der Waals surface area contributed by atoms with Crippen LogP contribution in [0.5, 0.6) is 0 Å². The van der Waals surface area contributed by atoms with Gasteiger partial charge in [0.2, 0.25) is 0 Å². The quantitative estimate of drug-likeness (QED) is 0.683. The fourth-order valence-corrected chi connectivity index (χ4v) is 7.57. The fraction of sp³-hybridized carbons (Fsp3) is 0.857. The second-order valence-electron chi connectivity index (χ2n) is 9.65. The van der Waals surface area contributed by atoms with Gasteiger partial charge < -0.3 is 10.2 Å². The molecule has 0 aromatic heterocycles. The molecule has 3 saturated carbocycles. The van der Waals surface area contributed by atoms with E-state index in [9.17, 15) is 15.5 Å². The van der Waals surface area contributed by atoms with Gasteiger partial charge in [0, 0.05) is 5.92 Å². The van der Waals surface area contributed by atoms with Crippen LogP contribution in [0.15, 0.2) is 11.3 Å². The van der Waals surface area contributed by atoms with Gasteiger partial charge in [-0.2, -0.15) is 5.26 Å². The second-order valence-corrected chi connectivity index (χ2v) is 9.65. The van der Waals surface area contributed by atoms with Gasteiger partial charge in [0.1, 0.15) is 5.76 Å². The molecule has 8 unspecified atom stereocenters. The van der Waals surface area contributed by atoms with E-state index in [1.54, 1.807) is 0 Å². The second kappa shape index (κ2) is 5.24. The van der Waals surface area contributed by atoms with Gasteiger partial charge in [-0.3, -0.25) is 0 Å². The molecule has 0 aliphatic heterocycles. The first kappa shape index (κ1) is 16.5. The summed E-state index contributed by atoms with van der Waals surface area (Å²) in [5.41, 5.74) is 0.872. The standard InChI is InChI=1S/C21H31NO2/c1-12-15-5-4-14-16-6-7-18(23)20(16,2)9-8-17(14)21(15,3)10-13(11-22)19(12)24/h12,14-18,23-24H,4-10H2,1-3H3. The lowest BCUT2D eigenvalue weighted by molar-refractivity contribution is -0.121. The molecule has 0 saturated heterocycles. The molecule has 132 valence electrons. The van der Waals surface area contributed by atoms with Crippen molar-refractivity contribution in [2.24, 2.45) is 40.4 Å². The largest absolute Gasteiger partial charge is 0.511 e. The smallest absolute Gasteiger partial charge is 0.109 e. The number of aliphatic hydroxyl groups excluding tert-OH is 2. The molecule has 3 nitrogen and oxygen atoms in total. The van der Waals surface area contributed by atoms with E-state index >= 15 is 0 Å². The Hall–Kier alpha value is -1.01. The van der Waals surface area contributed by atoms with Crippen LogP contribution in [-0.4, -0.2) is 16.3 Å². The lowest BCUT2D eigenvalue weighted by Gasteiger charge is -2.61. The molecule has 0 radical (unpaired) electrons. The number of nitriles is 1. The molecule has 2 N–H and O–H groups in total. The van der Waals surface area contributed by atoms with Crippen LogP contribution in [0, 0.1) is 51.8 Å². The highest BCUT2D eigenvalue weighted by Gasteiger charge is 2.61. The van der Waals surface area contributed by atoms with Gasteiger partial charge in [-0.15, -0.1) is 0 Å². The molecule has 0 bridgehead atoms. The zero-order valence-electron chi connectivity index (χ0n) is 15.3. The van der Waals surface area contributed by atoms with Crippen molar-refractivity contribution in [1.29, 1.82) is 5.26 Å². The minimum Gasteiger partial charge on any atom is -0.511 e.